The largest absolute Gasteiger partial charge is 0.478 e. The highest BCUT2D eigenvalue weighted by Gasteiger charge is 2.33. The number of nitrogens with zero attached hydrogens (tertiary/aromatic N) is 2. The molecule has 2 rings (SSSR count). The summed E-state index contributed by atoms with van der Waals surface area (Å²) in [5, 5.41) is 14.7. The molecule has 128 valence electrons. The summed E-state index contributed by atoms with van der Waals surface area (Å²) in [6, 6.07) is 7.08. The van der Waals surface area contributed by atoms with Crippen LogP contribution < -0.4 is 5.32 Å². The fourth-order valence-electron chi connectivity index (χ4n) is 2.01. The van der Waals surface area contributed by atoms with E-state index in [0.29, 0.717) is 6.42 Å². The first-order valence-corrected chi connectivity index (χ1v) is 6.95. The normalized spacial score (nSPS) is 11.3. The molecule has 0 fully saturated rings. The highest BCUT2D eigenvalue weighted by atomic mass is 19.4. The number of rotatable bonds is 6. The third-order valence-corrected chi connectivity index (χ3v) is 3.15. The Hall–Kier alpha value is -2.84. The van der Waals surface area contributed by atoms with E-state index in [9.17, 15) is 22.8 Å². The molecule has 0 aliphatic heterocycles. The number of halogens is 3. The molecule has 1 aromatic carbocycles. The molecule has 0 saturated carbocycles. The second-order valence-corrected chi connectivity index (χ2v) is 5.00. The van der Waals surface area contributed by atoms with Crippen molar-refractivity contribution in [2.75, 3.05) is 6.54 Å². The van der Waals surface area contributed by atoms with Crippen LogP contribution in [-0.4, -0.2) is 33.3 Å². The predicted octanol–water partition coefficient (Wildman–Crippen LogP) is 1.96. The Kier molecular flexibility index (Phi) is 5.22. The zero-order valence-electron chi connectivity index (χ0n) is 12.4. The Morgan fingerprint density at radius 1 is 1.25 bits per heavy atom. The second kappa shape index (κ2) is 7.16. The highest BCUT2D eigenvalue weighted by Crippen LogP contribution is 2.27. The molecule has 2 aromatic rings. The van der Waals surface area contributed by atoms with Gasteiger partial charge in [0.25, 0.3) is 0 Å². The fraction of sp³-hybridized carbons (Fsp3) is 0.267. The second-order valence-electron chi connectivity index (χ2n) is 5.00. The van der Waals surface area contributed by atoms with Crippen molar-refractivity contribution in [2.24, 2.45) is 0 Å². The van der Waals surface area contributed by atoms with Crippen molar-refractivity contribution in [1.29, 1.82) is 0 Å². The lowest BCUT2D eigenvalue weighted by Gasteiger charge is -2.06. The summed E-state index contributed by atoms with van der Waals surface area (Å²) in [5.41, 5.74) is -0.176. The summed E-state index contributed by atoms with van der Waals surface area (Å²) >= 11 is 0. The first-order chi connectivity index (χ1) is 11.3. The monoisotopic (exact) mass is 341 g/mol. The van der Waals surface area contributed by atoms with E-state index >= 15 is 0 Å². The minimum atomic E-state index is -4.54. The zero-order chi connectivity index (χ0) is 17.7. The van der Waals surface area contributed by atoms with E-state index < -0.39 is 23.7 Å². The molecule has 0 aliphatic rings. The molecule has 0 radical (unpaired) electrons. The number of carboxylic acid groups (broad SMARTS) is 1. The summed E-state index contributed by atoms with van der Waals surface area (Å²) < 4.78 is 38.1. The van der Waals surface area contributed by atoms with Gasteiger partial charge in [0.05, 0.1) is 5.56 Å². The number of hydrogen-bond donors (Lipinski definition) is 2. The van der Waals surface area contributed by atoms with E-state index in [4.69, 9.17) is 5.11 Å². The number of benzene rings is 1. The van der Waals surface area contributed by atoms with E-state index in [-0.39, 0.29) is 18.7 Å². The van der Waals surface area contributed by atoms with Gasteiger partial charge in [-0.25, -0.2) is 4.79 Å². The molecule has 0 bridgehead atoms. The molecular weight excluding hydrogens is 327 g/mol. The van der Waals surface area contributed by atoms with Crippen LogP contribution in [0.5, 0.6) is 0 Å². The van der Waals surface area contributed by atoms with Crippen molar-refractivity contribution in [3.8, 4) is 0 Å². The molecule has 1 aromatic heterocycles. The maximum Gasteiger partial charge on any atom is 0.435 e. The number of nitrogens with one attached hydrogen (secondary N) is 1. The molecule has 0 atom stereocenters. The maximum atomic E-state index is 12.4. The zero-order valence-corrected chi connectivity index (χ0v) is 12.4. The number of carbonyl (C=O) groups is 2. The molecule has 0 saturated heterocycles. The van der Waals surface area contributed by atoms with Gasteiger partial charge in [0, 0.05) is 12.7 Å². The van der Waals surface area contributed by atoms with Crippen LogP contribution in [0.1, 0.15) is 21.6 Å². The average Bonchev–Trinajstić information content (AvgIpc) is 2.96. The van der Waals surface area contributed by atoms with E-state index in [2.05, 4.69) is 10.4 Å². The average molecular weight is 341 g/mol. The third-order valence-electron chi connectivity index (χ3n) is 3.15. The molecule has 1 amide bonds. The summed E-state index contributed by atoms with van der Waals surface area (Å²) in [6.07, 6.45) is -3.06. The summed E-state index contributed by atoms with van der Waals surface area (Å²) in [7, 11) is 0. The van der Waals surface area contributed by atoms with E-state index in [1.165, 1.54) is 12.1 Å². The van der Waals surface area contributed by atoms with E-state index in [0.717, 1.165) is 22.5 Å². The van der Waals surface area contributed by atoms with Gasteiger partial charge in [0.2, 0.25) is 5.91 Å². The molecule has 0 unspecified atom stereocenters. The smallest absolute Gasteiger partial charge is 0.435 e. The van der Waals surface area contributed by atoms with Crippen molar-refractivity contribution in [3.63, 3.8) is 0 Å². The third kappa shape index (κ3) is 4.83. The number of carbonyl (C=O) groups excluding carboxylic acids is 1. The van der Waals surface area contributed by atoms with Crippen molar-refractivity contribution >= 4 is 11.9 Å². The number of carboxylic acids is 1. The fourth-order valence-corrected chi connectivity index (χ4v) is 2.01. The Morgan fingerprint density at radius 2 is 2.00 bits per heavy atom. The van der Waals surface area contributed by atoms with Gasteiger partial charge in [-0.1, -0.05) is 12.1 Å². The lowest BCUT2D eigenvalue weighted by atomic mass is 10.1. The van der Waals surface area contributed by atoms with Crippen LogP contribution in [0.4, 0.5) is 13.2 Å². The SMILES string of the molecule is O=C(Cn1ccc(C(F)(F)F)n1)NCCc1cccc(C(=O)O)c1. The van der Waals surface area contributed by atoms with Crippen molar-refractivity contribution in [2.45, 2.75) is 19.1 Å². The minimum absolute atomic E-state index is 0.148. The molecule has 0 aliphatic carbocycles. The molecule has 2 N–H and O–H groups in total. The Labute approximate surface area is 134 Å². The standard InChI is InChI=1S/C15H14F3N3O3/c16-15(17,18)12-5-7-21(20-12)9-13(22)19-6-4-10-2-1-3-11(8-10)14(23)24/h1-3,5,7-8H,4,6,9H2,(H,19,22)(H,23,24). The highest BCUT2D eigenvalue weighted by molar-refractivity contribution is 5.87. The molecule has 1 heterocycles. The summed E-state index contributed by atoms with van der Waals surface area (Å²) in [4.78, 5) is 22.5. The summed E-state index contributed by atoms with van der Waals surface area (Å²) in [6.45, 7) is -0.0967. The lowest BCUT2D eigenvalue weighted by molar-refractivity contribution is -0.141. The van der Waals surface area contributed by atoms with Gasteiger partial charge in [-0.2, -0.15) is 18.3 Å². The van der Waals surface area contributed by atoms with Gasteiger partial charge < -0.3 is 10.4 Å². The topological polar surface area (TPSA) is 84.2 Å². The lowest BCUT2D eigenvalue weighted by Crippen LogP contribution is -2.29. The maximum absolute atomic E-state index is 12.4. The van der Waals surface area contributed by atoms with Crippen molar-refractivity contribution in [1.82, 2.24) is 15.1 Å². The van der Waals surface area contributed by atoms with Crippen LogP contribution in [0, 0.1) is 0 Å². The molecule has 6 nitrogen and oxygen atoms in total. The predicted molar refractivity (Wildman–Crippen MR) is 77.3 cm³/mol. The van der Waals surface area contributed by atoms with Gasteiger partial charge >= 0.3 is 12.1 Å². The Balaban J connectivity index is 1.82. The van der Waals surface area contributed by atoms with Crippen LogP contribution in [0.15, 0.2) is 36.5 Å². The van der Waals surface area contributed by atoms with Crippen molar-refractivity contribution < 1.29 is 27.9 Å². The van der Waals surface area contributed by atoms with Crippen LogP contribution in [0.25, 0.3) is 0 Å². The van der Waals surface area contributed by atoms with E-state index in [1.807, 2.05) is 0 Å². The summed E-state index contributed by atoms with van der Waals surface area (Å²) in [5.74, 6) is -1.53. The molecule has 9 heteroatoms. The Bertz CT molecular complexity index is 741. The first kappa shape index (κ1) is 17.5. The van der Waals surface area contributed by atoms with E-state index in [1.54, 1.807) is 12.1 Å². The van der Waals surface area contributed by atoms with Gasteiger partial charge in [-0.3, -0.25) is 9.48 Å². The van der Waals surface area contributed by atoms with Crippen LogP contribution >= 0.6 is 0 Å². The van der Waals surface area contributed by atoms with Gasteiger partial charge in [0.1, 0.15) is 6.54 Å². The number of aromatic nitrogens is 2. The number of alkyl halides is 3. The van der Waals surface area contributed by atoms with Gasteiger partial charge in [-0.05, 0) is 30.2 Å². The molecular formula is C15H14F3N3O3. The van der Waals surface area contributed by atoms with Crippen LogP contribution in [0.3, 0.4) is 0 Å². The van der Waals surface area contributed by atoms with Crippen LogP contribution in [-0.2, 0) is 23.9 Å². The van der Waals surface area contributed by atoms with Crippen molar-refractivity contribution in [3.05, 3.63) is 53.3 Å². The first-order valence-electron chi connectivity index (χ1n) is 6.95. The Morgan fingerprint density at radius 3 is 2.62 bits per heavy atom. The minimum Gasteiger partial charge on any atom is -0.478 e. The van der Waals surface area contributed by atoms with Gasteiger partial charge in [0.15, 0.2) is 5.69 Å². The number of hydrogen-bond acceptors (Lipinski definition) is 3. The van der Waals surface area contributed by atoms with Gasteiger partial charge in [-0.15, -0.1) is 0 Å². The number of aromatic carboxylic acids is 1. The van der Waals surface area contributed by atoms with Crippen LogP contribution in [0.2, 0.25) is 0 Å². The molecule has 0 spiro atoms. The number of amides is 1. The quantitative estimate of drug-likeness (QED) is 0.841. The molecule has 24 heavy (non-hydrogen) atoms.